The summed E-state index contributed by atoms with van der Waals surface area (Å²) >= 11 is 0. The van der Waals surface area contributed by atoms with Gasteiger partial charge in [0, 0.05) is 36.6 Å². The molecular formula is C27H28N4O4. The van der Waals surface area contributed by atoms with E-state index in [0.717, 1.165) is 16.7 Å². The number of carboxylic acids is 1. The van der Waals surface area contributed by atoms with E-state index in [1.165, 1.54) is 0 Å². The van der Waals surface area contributed by atoms with Crippen molar-refractivity contribution in [3.05, 3.63) is 95.1 Å². The zero-order valence-corrected chi connectivity index (χ0v) is 19.2. The van der Waals surface area contributed by atoms with Crippen molar-refractivity contribution in [1.82, 2.24) is 4.90 Å². The van der Waals surface area contributed by atoms with E-state index < -0.39 is 12.0 Å². The van der Waals surface area contributed by atoms with Gasteiger partial charge < -0.3 is 26.4 Å². The Labute approximate surface area is 203 Å². The highest BCUT2D eigenvalue weighted by atomic mass is 16.4. The maximum Gasteiger partial charge on any atom is 0.305 e. The zero-order chi connectivity index (χ0) is 24.8. The van der Waals surface area contributed by atoms with Gasteiger partial charge in [0.05, 0.1) is 6.42 Å². The molecule has 3 aromatic carbocycles. The molecule has 4 rings (SSSR count). The Hall–Kier alpha value is -4.17. The molecule has 8 nitrogen and oxygen atoms in total. The maximum absolute atomic E-state index is 13.2. The molecule has 0 unspecified atom stereocenters. The number of aliphatic carboxylic acids is 1. The Morgan fingerprint density at radius 2 is 1.77 bits per heavy atom. The standard InChI is InChI=1S/C27H28N4O4/c28-16-19-6-10-22(11-7-19)29-26(34)20-8-9-21-17-31(13-12-18-4-2-1-3-5-18)27(35)24(15-25(32)33)30-23(21)14-20/h1-11,14,24,30H,12-13,15-17,28H2,(H,29,34)(H,32,33)/t24-/m1/s1. The molecule has 1 aliphatic rings. The third kappa shape index (κ3) is 6.04. The zero-order valence-electron chi connectivity index (χ0n) is 19.2. The van der Waals surface area contributed by atoms with E-state index in [4.69, 9.17) is 5.73 Å². The lowest BCUT2D eigenvalue weighted by Crippen LogP contribution is -2.42. The van der Waals surface area contributed by atoms with E-state index in [1.54, 1.807) is 35.2 Å². The molecule has 0 saturated heterocycles. The predicted octanol–water partition coefficient (Wildman–Crippen LogP) is 3.24. The number of nitrogens with one attached hydrogen (secondary N) is 2. The molecule has 0 radical (unpaired) electrons. The van der Waals surface area contributed by atoms with Crippen LogP contribution in [0, 0.1) is 0 Å². The Balaban J connectivity index is 1.54. The predicted molar refractivity (Wildman–Crippen MR) is 134 cm³/mol. The first kappa shape index (κ1) is 24.0. The molecule has 0 aliphatic carbocycles. The molecule has 0 spiro atoms. The number of carbonyl (C=O) groups excluding carboxylic acids is 2. The number of hydrogen-bond acceptors (Lipinski definition) is 5. The summed E-state index contributed by atoms with van der Waals surface area (Å²) < 4.78 is 0. The van der Waals surface area contributed by atoms with Gasteiger partial charge in [-0.1, -0.05) is 48.5 Å². The molecule has 5 N–H and O–H groups in total. The van der Waals surface area contributed by atoms with Crippen LogP contribution >= 0.6 is 0 Å². The molecule has 180 valence electrons. The smallest absolute Gasteiger partial charge is 0.305 e. The summed E-state index contributed by atoms with van der Waals surface area (Å²) in [5, 5.41) is 15.3. The number of hydrogen-bond donors (Lipinski definition) is 4. The number of carbonyl (C=O) groups is 3. The monoisotopic (exact) mass is 472 g/mol. The van der Waals surface area contributed by atoms with Crippen LogP contribution in [0.25, 0.3) is 0 Å². The van der Waals surface area contributed by atoms with Crippen LogP contribution in [-0.2, 0) is 29.1 Å². The molecule has 1 heterocycles. The minimum atomic E-state index is -1.07. The van der Waals surface area contributed by atoms with Gasteiger partial charge in [-0.2, -0.15) is 0 Å². The average molecular weight is 473 g/mol. The summed E-state index contributed by atoms with van der Waals surface area (Å²) in [6, 6.07) is 21.4. The average Bonchev–Trinajstić information content (AvgIpc) is 2.99. The molecule has 0 fully saturated rings. The Kier molecular flexibility index (Phi) is 7.42. The first-order chi connectivity index (χ1) is 16.9. The largest absolute Gasteiger partial charge is 0.481 e. The van der Waals surface area contributed by atoms with E-state index in [2.05, 4.69) is 10.6 Å². The number of nitrogens with two attached hydrogens (primary N) is 1. The van der Waals surface area contributed by atoms with Crippen molar-refractivity contribution in [2.24, 2.45) is 5.73 Å². The maximum atomic E-state index is 13.2. The Morgan fingerprint density at radius 1 is 1.03 bits per heavy atom. The molecule has 35 heavy (non-hydrogen) atoms. The van der Waals surface area contributed by atoms with Gasteiger partial charge in [-0.3, -0.25) is 14.4 Å². The number of fused-ring (bicyclic) bond motifs is 1. The summed E-state index contributed by atoms with van der Waals surface area (Å²) in [7, 11) is 0. The Morgan fingerprint density at radius 3 is 2.46 bits per heavy atom. The first-order valence-electron chi connectivity index (χ1n) is 11.5. The highest BCUT2D eigenvalue weighted by molar-refractivity contribution is 6.05. The lowest BCUT2D eigenvalue weighted by molar-refractivity contribution is -0.141. The van der Waals surface area contributed by atoms with Gasteiger partial charge in [0.15, 0.2) is 0 Å². The summed E-state index contributed by atoms with van der Waals surface area (Å²) in [6.45, 7) is 1.21. The quantitative estimate of drug-likeness (QED) is 0.399. The van der Waals surface area contributed by atoms with Gasteiger partial charge in [0.2, 0.25) is 5.91 Å². The second kappa shape index (κ2) is 10.8. The summed E-state index contributed by atoms with van der Waals surface area (Å²) in [5.74, 6) is -1.65. The molecular weight excluding hydrogens is 444 g/mol. The first-order valence-corrected chi connectivity index (χ1v) is 11.5. The molecule has 0 saturated carbocycles. The number of anilines is 2. The lowest BCUT2D eigenvalue weighted by Gasteiger charge is -2.24. The van der Waals surface area contributed by atoms with Gasteiger partial charge in [0.25, 0.3) is 5.91 Å². The summed E-state index contributed by atoms with van der Waals surface area (Å²) in [6.07, 6.45) is 0.301. The highest BCUT2D eigenvalue weighted by Gasteiger charge is 2.31. The van der Waals surface area contributed by atoms with Crippen LogP contribution < -0.4 is 16.4 Å². The minimum Gasteiger partial charge on any atom is -0.481 e. The third-order valence-corrected chi connectivity index (χ3v) is 6.01. The summed E-state index contributed by atoms with van der Waals surface area (Å²) in [5.41, 5.74) is 10.1. The van der Waals surface area contributed by atoms with Gasteiger partial charge in [0.1, 0.15) is 6.04 Å². The van der Waals surface area contributed by atoms with Gasteiger partial charge >= 0.3 is 5.97 Å². The van der Waals surface area contributed by atoms with E-state index in [-0.39, 0.29) is 18.2 Å². The van der Waals surface area contributed by atoms with Crippen molar-refractivity contribution in [3.8, 4) is 0 Å². The van der Waals surface area contributed by atoms with Crippen molar-refractivity contribution >= 4 is 29.2 Å². The third-order valence-electron chi connectivity index (χ3n) is 6.01. The molecule has 8 heteroatoms. The molecule has 1 atom stereocenters. The number of benzene rings is 3. The van der Waals surface area contributed by atoms with E-state index >= 15 is 0 Å². The second-order valence-electron chi connectivity index (χ2n) is 8.52. The summed E-state index contributed by atoms with van der Waals surface area (Å²) in [4.78, 5) is 39.2. The highest BCUT2D eigenvalue weighted by Crippen LogP contribution is 2.26. The van der Waals surface area contributed by atoms with Crippen LogP contribution in [-0.4, -0.2) is 40.4 Å². The van der Waals surface area contributed by atoms with Crippen LogP contribution in [0.1, 0.15) is 33.5 Å². The molecule has 0 bridgehead atoms. The van der Waals surface area contributed by atoms with Crippen molar-refractivity contribution in [3.63, 3.8) is 0 Å². The van der Waals surface area contributed by atoms with Gasteiger partial charge in [-0.15, -0.1) is 0 Å². The molecule has 0 aromatic heterocycles. The number of nitrogens with zero attached hydrogens (tertiary/aromatic N) is 1. The van der Waals surface area contributed by atoms with Crippen LogP contribution in [0.4, 0.5) is 11.4 Å². The Bertz CT molecular complexity index is 1210. The fourth-order valence-corrected chi connectivity index (χ4v) is 4.08. The normalized spacial score (nSPS) is 15.1. The van der Waals surface area contributed by atoms with Crippen molar-refractivity contribution < 1.29 is 19.5 Å². The van der Waals surface area contributed by atoms with Crippen LogP contribution in [0.2, 0.25) is 0 Å². The van der Waals surface area contributed by atoms with E-state index in [1.807, 2.05) is 42.5 Å². The second-order valence-corrected chi connectivity index (χ2v) is 8.52. The van der Waals surface area contributed by atoms with E-state index in [9.17, 15) is 19.5 Å². The lowest BCUT2D eigenvalue weighted by atomic mass is 10.1. The number of amides is 2. The molecule has 1 aliphatic heterocycles. The minimum absolute atomic E-state index is 0.273. The number of rotatable bonds is 8. The van der Waals surface area contributed by atoms with E-state index in [0.29, 0.717) is 43.0 Å². The van der Waals surface area contributed by atoms with Gasteiger partial charge in [-0.05, 0) is 47.4 Å². The van der Waals surface area contributed by atoms with Crippen molar-refractivity contribution in [1.29, 1.82) is 0 Å². The molecule has 3 aromatic rings. The molecule has 2 amide bonds. The SMILES string of the molecule is NCc1ccc(NC(=O)c2ccc3c(c2)N[C@H](CC(=O)O)C(=O)N(CCc2ccccc2)C3)cc1. The van der Waals surface area contributed by atoms with Crippen molar-refractivity contribution in [2.75, 3.05) is 17.2 Å². The van der Waals surface area contributed by atoms with Gasteiger partial charge in [-0.25, -0.2) is 0 Å². The topological polar surface area (TPSA) is 125 Å². The number of carboxylic acid groups (broad SMARTS) is 1. The fraction of sp³-hybridized carbons (Fsp3) is 0.222. The van der Waals surface area contributed by atoms with Crippen LogP contribution in [0.5, 0.6) is 0 Å². The fourth-order valence-electron chi connectivity index (χ4n) is 4.08. The van der Waals surface area contributed by atoms with Crippen molar-refractivity contribution in [2.45, 2.75) is 32.0 Å². The van der Waals surface area contributed by atoms with Crippen LogP contribution in [0.3, 0.4) is 0 Å². The van der Waals surface area contributed by atoms with Crippen LogP contribution in [0.15, 0.2) is 72.8 Å².